The largest absolute Gasteiger partial charge is 0.369 e. The Kier molecular flexibility index (Phi) is 3.48. The third-order valence-electron chi connectivity index (χ3n) is 0.985. The Balaban J connectivity index is 2.63. The topological polar surface area (TPSA) is 68.9 Å². The van der Waals surface area contributed by atoms with Gasteiger partial charge in [0.15, 0.2) is 0 Å². The molecule has 0 bridgehead atoms. The van der Waals surface area contributed by atoms with Crippen LogP contribution in [0.5, 0.6) is 0 Å². The van der Waals surface area contributed by atoms with Gasteiger partial charge in [-0.05, 0) is 15.9 Å². The molecule has 1 heterocycles. The van der Waals surface area contributed by atoms with Gasteiger partial charge in [0.25, 0.3) is 0 Å². The molecule has 64 valence electrons. The molecule has 0 aliphatic rings. The molecule has 4 nitrogen and oxygen atoms in total. The van der Waals surface area contributed by atoms with Crippen molar-refractivity contribution < 1.29 is 4.79 Å². The van der Waals surface area contributed by atoms with E-state index in [0.29, 0.717) is 0 Å². The van der Waals surface area contributed by atoms with Crippen molar-refractivity contribution in [1.82, 2.24) is 9.97 Å². The van der Waals surface area contributed by atoms with E-state index in [2.05, 4.69) is 25.9 Å². The van der Waals surface area contributed by atoms with Crippen LogP contribution in [0, 0.1) is 0 Å². The Morgan fingerprint density at radius 3 is 3.08 bits per heavy atom. The first kappa shape index (κ1) is 9.47. The van der Waals surface area contributed by atoms with Gasteiger partial charge in [-0.1, -0.05) is 11.8 Å². The molecule has 0 aliphatic carbocycles. The molecule has 0 saturated carbocycles. The lowest BCUT2D eigenvalue weighted by molar-refractivity contribution is -0.115. The molecule has 0 aromatic carbocycles. The lowest BCUT2D eigenvalue weighted by Crippen LogP contribution is -2.13. The van der Waals surface area contributed by atoms with Crippen molar-refractivity contribution in [3.8, 4) is 0 Å². The number of thioether (sulfide) groups is 1. The van der Waals surface area contributed by atoms with Gasteiger partial charge in [-0.3, -0.25) is 4.79 Å². The molecule has 1 amide bonds. The van der Waals surface area contributed by atoms with E-state index in [1.54, 1.807) is 6.20 Å². The molecule has 6 heteroatoms. The highest BCUT2D eigenvalue weighted by molar-refractivity contribution is 9.10. The van der Waals surface area contributed by atoms with Crippen molar-refractivity contribution in [3.63, 3.8) is 0 Å². The van der Waals surface area contributed by atoms with E-state index in [0.717, 1.165) is 9.50 Å². The van der Waals surface area contributed by atoms with Gasteiger partial charge in [0.05, 0.1) is 10.2 Å². The number of nitrogens with two attached hydrogens (primary N) is 1. The van der Waals surface area contributed by atoms with Crippen molar-refractivity contribution in [3.05, 3.63) is 17.0 Å². The van der Waals surface area contributed by atoms with Gasteiger partial charge in [-0.15, -0.1) is 0 Å². The Labute approximate surface area is 82.1 Å². The molecular weight excluding hydrogens is 242 g/mol. The second-order valence-corrected chi connectivity index (χ2v) is 3.75. The predicted molar refractivity (Wildman–Crippen MR) is 49.7 cm³/mol. The Morgan fingerprint density at radius 2 is 2.50 bits per heavy atom. The van der Waals surface area contributed by atoms with Crippen molar-refractivity contribution >= 4 is 33.6 Å². The maximum atomic E-state index is 10.4. The summed E-state index contributed by atoms with van der Waals surface area (Å²) in [5, 5.41) is 0.726. The summed E-state index contributed by atoms with van der Waals surface area (Å²) in [6.07, 6.45) is 3.05. The number of carbonyl (C=O) groups is 1. The van der Waals surface area contributed by atoms with E-state index in [-0.39, 0.29) is 11.7 Å². The summed E-state index contributed by atoms with van der Waals surface area (Å²) in [5.41, 5.74) is 4.97. The zero-order valence-corrected chi connectivity index (χ0v) is 8.43. The van der Waals surface area contributed by atoms with Gasteiger partial charge in [-0.2, -0.15) is 0 Å². The molecule has 12 heavy (non-hydrogen) atoms. The zero-order valence-electron chi connectivity index (χ0n) is 6.03. The van der Waals surface area contributed by atoms with Gasteiger partial charge in [0.2, 0.25) is 5.91 Å². The maximum absolute atomic E-state index is 10.4. The molecule has 0 aliphatic heterocycles. The second kappa shape index (κ2) is 4.42. The van der Waals surface area contributed by atoms with Gasteiger partial charge in [0.1, 0.15) is 11.4 Å². The third-order valence-corrected chi connectivity index (χ3v) is 2.86. The van der Waals surface area contributed by atoms with Gasteiger partial charge >= 0.3 is 0 Å². The smallest absolute Gasteiger partial charge is 0.227 e. The summed E-state index contributed by atoms with van der Waals surface area (Å²) in [5.74, 6) is -0.124. The minimum Gasteiger partial charge on any atom is -0.369 e. The minimum absolute atomic E-state index is 0.232. The molecule has 0 spiro atoms. The lowest BCUT2D eigenvalue weighted by atomic mass is 10.7. The van der Waals surface area contributed by atoms with Crippen LogP contribution in [0.15, 0.2) is 22.0 Å². The molecule has 0 saturated heterocycles. The number of rotatable bonds is 3. The summed E-state index contributed by atoms with van der Waals surface area (Å²) in [4.78, 5) is 18.2. The summed E-state index contributed by atoms with van der Waals surface area (Å²) in [6.45, 7) is 0. The number of amides is 1. The van der Waals surface area contributed by atoms with E-state index in [1.807, 2.05) is 0 Å². The average molecular weight is 248 g/mol. The molecule has 0 fully saturated rings. The molecule has 0 radical (unpaired) electrons. The lowest BCUT2D eigenvalue weighted by Gasteiger charge is -1.98. The van der Waals surface area contributed by atoms with E-state index >= 15 is 0 Å². The number of halogens is 1. The zero-order chi connectivity index (χ0) is 8.97. The first-order valence-corrected chi connectivity index (χ1v) is 4.84. The third kappa shape index (κ3) is 2.78. The Hall–Kier alpha value is -0.620. The van der Waals surface area contributed by atoms with Crippen molar-refractivity contribution in [1.29, 1.82) is 0 Å². The fourth-order valence-electron chi connectivity index (χ4n) is 0.547. The van der Waals surface area contributed by atoms with E-state index in [1.165, 1.54) is 18.1 Å². The van der Waals surface area contributed by atoms with Crippen LogP contribution < -0.4 is 5.73 Å². The molecule has 1 rings (SSSR count). The molecule has 0 atom stereocenters. The van der Waals surface area contributed by atoms with E-state index in [4.69, 9.17) is 5.73 Å². The number of nitrogens with zero attached hydrogens (tertiary/aromatic N) is 2. The normalized spacial score (nSPS) is 9.75. The summed E-state index contributed by atoms with van der Waals surface area (Å²) < 4.78 is 0.774. The summed E-state index contributed by atoms with van der Waals surface area (Å²) >= 11 is 4.53. The monoisotopic (exact) mass is 247 g/mol. The summed E-state index contributed by atoms with van der Waals surface area (Å²) in [6, 6.07) is 0. The minimum atomic E-state index is -0.356. The number of carbonyl (C=O) groups excluding carboxylic acids is 1. The van der Waals surface area contributed by atoms with Crippen LogP contribution in [0.4, 0.5) is 0 Å². The molecule has 1 aromatic rings. The number of aromatic nitrogens is 2. The summed E-state index contributed by atoms with van der Waals surface area (Å²) in [7, 11) is 0. The molecular formula is C6H6BrN3OS. The highest BCUT2D eigenvalue weighted by Crippen LogP contribution is 2.22. The van der Waals surface area contributed by atoms with Crippen molar-refractivity contribution in [2.24, 2.45) is 5.73 Å². The highest BCUT2D eigenvalue weighted by atomic mass is 79.9. The van der Waals surface area contributed by atoms with E-state index in [9.17, 15) is 4.79 Å². The van der Waals surface area contributed by atoms with Crippen LogP contribution in [0.25, 0.3) is 0 Å². The Bertz CT molecular complexity index is 294. The first-order chi connectivity index (χ1) is 5.70. The number of hydrogen-bond acceptors (Lipinski definition) is 4. The van der Waals surface area contributed by atoms with Crippen molar-refractivity contribution in [2.75, 3.05) is 5.75 Å². The van der Waals surface area contributed by atoms with E-state index < -0.39 is 0 Å². The molecule has 2 N–H and O–H groups in total. The maximum Gasteiger partial charge on any atom is 0.227 e. The molecule has 0 unspecified atom stereocenters. The number of hydrogen-bond donors (Lipinski definition) is 1. The highest BCUT2D eigenvalue weighted by Gasteiger charge is 2.02. The van der Waals surface area contributed by atoms with Crippen LogP contribution >= 0.6 is 27.7 Å². The SMILES string of the molecule is NC(=O)CSc1ncncc1Br. The standard InChI is InChI=1S/C6H6BrN3OS/c7-4-1-9-3-10-6(4)12-2-5(8)11/h1,3H,2H2,(H2,8,11). The van der Waals surface area contributed by atoms with Gasteiger partial charge < -0.3 is 5.73 Å². The quantitative estimate of drug-likeness (QED) is 0.635. The van der Waals surface area contributed by atoms with Crippen molar-refractivity contribution in [2.45, 2.75) is 5.03 Å². The molecule has 1 aromatic heterocycles. The Morgan fingerprint density at radius 1 is 1.75 bits per heavy atom. The van der Waals surface area contributed by atoms with Crippen LogP contribution in [-0.2, 0) is 4.79 Å². The average Bonchev–Trinajstić information content (AvgIpc) is 2.03. The number of primary amides is 1. The van der Waals surface area contributed by atoms with Gasteiger partial charge in [-0.25, -0.2) is 9.97 Å². The van der Waals surface area contributed by atoms with Crippen LogP contribution in [0.1, 0.15) is 0 Å². The van der Waals surface area contributed by atoms with Gasteiger partial charge in [0, 0.05) is 6.20 Å². The second-order valence-electron chi connectivity index (χ2n) is 1.93. The fraction of sp³-hybridized carbons (Fsp3) is 0.167. The fourth-order valence-corrected chi connectivity index (χ4v) is 1.70. The van der Waals surface area contributed by atoms with Crippen LogP contribution in [0.3, 0.4) is 0 Å². The first-order valence-electron chi connectivity index (χ1n) is 3.07. The predicted octanol–water partition coefficient (Wildman–Crippen LogP) is 0.817. The van der Waals surface area contributed by atoms with Crippen LogP contribution in [-0.4, -0.2) is 21.6 Å². The van der Waals surface area contributed by atoms with Crippen LogP contribution in [0.2, 0.25) is 0 Å².